The van der Waals surface area contributed by atoms with Crippen molar-refractivity contribution in [3.63, 3.8) is 0 Å². The quantitative estimate of drug-likeness (QED) is 0.0628. The maximum absolute atomic E-state index is 10.2. The Hall–Kier alpha value is -9.80. The molecule has 0 radical (unpaired) electrons. The molecule has 0 bridgehead atoms. The minimum absolute atomic E-state index is 0.488. The Labute approximate surface area is 799 Å². The minimum Gasteiger partial charge on any atom is -0.394 e. The molecule has 8 aliphatic rings. The average Bonchev–Trinajstić information content (AvgIpc) is 0.788. The molecule has 8 saturated heterocycles. The van der Waals surface area contributed by atoms with Crippen LogP contribution in [0.5, 0.6) is 0 Å². The summed E-state index contributed by atoms with van der Waals surface area (Å²) in [7, 11) is 0. The molecule has 750 valence electrons. The first-order valence-electron chi connectivity index (χ1n) is 44.3. The molecule has 15 rings (SSSR count). The molecule has 40 atom stereocenters. The molecule has 7 aromatic rings. The van der Waals surface area contributed by atoms with E-state index in [-0.39, 0.29) is 0 Å². The monoisotopic (exact) mass is 1950 g/mol. The van der Waals surface area contributed by atoms with Crippen LogP contribution in [0.4, 0.5) is 0 Å². The normalized spacial score (nSPS) is 37.1. The highest BCUT2D eigenvalue weighted by molar-refractivity contribution is 5.93. The Kier molecular flexibility index (Phi) is 38.9. The molecular formula is C100H110O40. The average molecular weight is 1950 g/mol. The van der Waals surface area contributed by atoms with Gasteiger partial charge >= 0.3 is 0 Å². The van der Waals surface area contributed by atoms with Gasteiger partial charge in [0.2, 0.25) is 0 Å². The van der Waals surface area contributed by atoms with Crippen LogP contribution < -0.4 is 0 Å². The van der Waals surface area contributed by atoms with Crippen molar-refractivity contribution in [1.82, 2.24) is 0 Å². The first kappa shape index (κ1) is 109. The summed E-state index contributed by atoms with van der Waals surface area (Å²) < 4.78 is 43.2. The molecule has 8 heterocycles. The van der Waals surface area contributed by atoms with Crippen molar-refractivity contribution in [3.8, 4) is 94.7 Å². The van der Waals surface area contributed by atoms with Crippen LogP contribution >= 0.6 is 0 Å². The van der Waals surface area contributed by atoms with Crippen LogP contribution in [-0.2, 0) is 37.9 Å². The lowest BCUT2D eigenvalue weighted by Gasteiger charge is -2.37. The van der Waals surface area contributed by atoms with Gasteiger partial charge in [-0.15, -0.1) is 0 Å². The highest BCUT2D eigenvalue weighted by Gasteiger charge is 2.50. The van der Waals surface area contributed by atoms with Gasteiger partial charge in [-0.2, -0.15) is 0 Å². The molecule has 8 aliphatic heterocycles. The van der Waals surface area contributed by atoms with Gasteiger partial charge in [-0.25, -0.2) is 0 Å². The second kappa shape index (κ2) is 49.9. The lowest BCUT2D eigenvalue weighted by Crippen LogP contribution is -2.58. The van der Waals surface area contributed by atoms with Crippen LogP contribution in [0.15, 0.2) is 133 Å². The first-order valence-corrected chi connectivity index (χ1v) is 44.3. The third-order valence-electron chi connectivity index (χ3n) is 24.5. The third-order valence-corrected chi connectivity index (χ3v) is 24.5. The van der Waals surface area contributed by atoms with Gasteiger partial charge in [-0.3, -0.25) is 0 Å². The summed E-state index contributed by atoms with van der Waals surface area (Å²) in [5.41, 5.74) is 4.50. The summed E-state index contributed by atoms with van der Waals surface area (Å²) in [5, 5.41) is 319. The van der Waals surface area contributed by atoms with E-state index in [1.807, 2.05) is 36.4 Å². The van der Waals surface area contributed by atoms with Gasteiger partial charge < -0.3 is 201 Å². The number of aliphatic hydroxyl groups is 32. The van der Waals surface area contributed by atoms with E-state index in [1.54, 1.807) is 97.1 Å². The van der Waals surface area contributed by atoms with Crippen LogP contribution in [0.2, 0.25) is 0 Å². The van der Waals surface area contributed by atoms with E-state index in [4.69, 9.17) is 37.9 Å². The van der Waals surface area contributed by atoms with Crippen molar-refractivity contribution in [3.05, 3.63) is 178 Å². The Morgan fingerprint density at radius 2 is 0.336 bits per heavy atom. The maximum atomic E-state index is 10.2. The van der Waals surface area contributed by atoms with Crippen LogP contribution in [0, 0.1) is 94.7 Å². The molecular weight excluding hydrogens is 1840 g/mol. The zero-order valence-corrected chi connectivity index (χ0v) is 74.0. The van der Waals surface area contributed by atoms with Crippen LogP contribution in [-0.4, -0.2) is 460 Å². The Morgan fingerprint density at radius 1 is 0.164 bits per heavy atom. The number of rotatable bonds is 8. The number of ether oxygens (including phenoxy) is 8. The van der Waals surface area contributed by atoms with Gasteiger partial charge in [0.05, 0.1) is 52.9 Å². The van der Waals surface area contributed by atoms with Crippen LogP contribution in [0.1, 0.15) is 44.5 Å². The highest BCUT2D eigenvalue weighted by atomic mass is 16.6. The summed E-state index contributed by atoms with van der Waals surface area (Å²) in [5.74, 6) is 44.7. The van der Waals surface area contributed by atoms with Gasteiger partial charge in [0.1, 0.15) is 244 Å². The van der Waals surface area contributed by atoms with E-state index >= 15 is 0 Å². The van der Waals surface area contributed by atoms with Gasteiger partial charge in [0, 0.05) is 44.5 Å². The molecule has 8 fully saturated rings. The fourth-order valence-corrected chi connectivity index (χ4v) is 16.0. The Balaban J connectivity index is 0.000000167. The predicted molar refractivity (Wildman–Crippen MR) is 483 cm³/mol. The van der Waals surface area contributed by atoms with Crippen molar-refractivity contribution in [2.45, 2.75) is 244 Å². The topological polar surface area (TPSA) is 721 Å². The zero-order valence-electron chi connectivity index (χ0n) is 74.0. The van der Waals surface area contributed by atoms with Gasteiger partial charge in [-0.05, 0) is 111 Å². The van der Waals surface area contributed by atoms with Crippen molar-refractivity contribution in [1.29, 1.82) is 0 Å². The molecule has 0 spiro atoms. The van der Waals surface area contributed by atoms with Crippen molar-refractivity contribution in [2.24, 2.45) is 0 Å². The molecule has 0 aromatic heterocycles. The molecule has 40 heteroatoms. The molecule has 0 amide bonds. The fourth-order valence-electron chi connectivity index (χ4n) is 16.0. The molecule has 0 aliphatic carbocycles. The largest absolute Gasteiger partial charge is 0.394 e. The lowest BCUT2D eigenvalue weighted by atomic mass is 9.94. The standard InChI is InChI=1S/3C26H28O10.C22H26O10/c27-11-19-23(31)25(33)21(29)17(35-19)7-3-13-1-5-15-10-14(2-6-16(15)9-13)4-8-18-22(30)26(34)24(32)20(12-28)36-18;27-11-19-23(31)25(33)21(29)17(35-19)7-3-13-1-5-15-6-2-14(10-16(15)9-13)4-8-18-22(30)26(34)24(32)20(12-28)36-18;27-11-19-23(31)25(33)21(29)17(35-19)9-7-13-3-1-5-15-14(4-2-6-16(13)15)8-10-18-22(30)26(34)24(32)20(12-28)36-18;23-9-15-19(27)21(29)17(25)13(31-15)6-4-11-2-1-3-12(8-11)5-7-14-18(26)22(30)20(28)16(10-24)32-14/h2*1-2,5-6,9-10,17-34H,11-12H2;1-6,17-34H,11-12H2;1-3,8,13-30H,9-10H2/t3*17-,18-,19-,20-,21-,22-,23-,24-,25-,26-;13-,14-,15-,16-,17-,18-,19-,20-,21-,22-/m1111/s1. The van der Waals surface area contributed by atoms with Crippen LogP contribution in [0.3, 0.4) is 0 Å². The molecule has 40 nitrogen and oxygen atoms in total. The zero-order chi connectivity index (χ0) is 101. The van der Waals surface area contributed by atoms with Crippen molar-refractivity contribution < 1.29 is 201 Å². The number of aliphatic hydroxyl groups excluding tert-OH is 32. The van der Waals surface area contributed by atoms with Crippen molar-refractivity contribution in [2.75, 3.05) is 52.9 Å². The van der Waals surface area contributed by atoms with E-state index in [2.05, 4.69) is 94.7 Å². The molecule has 140 heavy (non-hydrogen) atoms. The first-order chi connectivity index (χ1) is 67.0. The van der Waals surface area contributed by atoms with E-state index in [0.29, 0.717) is 44.5 Å². The van der Waals surface area contributed by atoms with Gasteiger partial charge in [0.15, 0.2) is 0 Å². The van der Waals surface area contributed by atoms with Crippen LogP contribution in [0.25, 0.3) is 32.3 Å². The SMILES string of the molecule is OC[C@H]1O[C@H](C#Cc2ccc3cc(C#C[C@H]4O[C@H](CO)[C@@H](O)[C@H](O)[C@@H]4O)ccc3c2)[C@@H](O)[C@@H](O)[C@@H]1O.OC[C@H]1O[C@H](C#Cc2ccc3ccc(C#C[C@H]4O[C@H](CO)[C@@H](O)[C@H](O)[C@@H]4O)cc3c2)[C@@H](O)[C@@H](O)[C@@H]1O.OC[C@H]1O[C@H](C#Cc2cccc(C#C[C@H]3O[C@H](CO)[C@@H](O)[C@H](O)[C@@H]3O)c2)[C@@H](O)[C@@H](O)[C@@H]1O.OC[C@H]1O[C@H](C#Cc2cccc3c(C#C[C@H]4O[C@H](CO)[C@@H](O)[C@H](O)[C@@H]4O)cccc23)[C@@H](O)[C@@H](O)[C@@H]1O. The second-order valence-corrected chi connectivity index (χ2v) is 34.0. The van der Waals surface area contributed by atoms with Gasteiger partial charge in [-0.1, -0.05) is 149 Å². The van der Waals surface area contributed by atoms with E-state index < -0.39 is 297 Å². The lowest BCUT2D eigenvalue weighted by molar-refractivity contribution is -0.214. The summed E-state index contributed by atoms with van der Waals surface area (Å²) in [6.45, 7) is -4.32. The molecule has 32 N–H and O–H groups in total. The van der Waals surface area contributed by atoms with E-state index in [9.17, 15) is 163 Å². The minimum atomic E-state index is -1.52. The van der Waals surface area contributed by atoms with E-state index in [0.717, 1.165) is 32.3 Å². The summed E-state index contributed by atoms with van der Waals surface area (Å²) in [4.78, 5) is 0. The molecule has 7 aromatic carbocycles. The fraction of sp³-hybridized carbons (Fsp3) is 0.480. The molecule has 0 unspecified atom stereocenters. The second-order valence-electron chi connectivity index (χ2n) is 34.0. The predicted octanol–water partition coefficient (Wildman–Crippen LogP) is -12.2. The maximum Gasteiger partial charge on any atom is 0.147 e. The van der Waals surface area contributed by atoms with Crippen molar-refractivity contribution >= 4 is 32.3 Å². The number of hydrogen-bond donors (Lipinski definition) is 32. The smallest absolute Gasteiger partial charge is 0.147 e. The number of hydrogen-bond acceptors (Lipinski definition) is 40. The number of benzene rings is 7. The third kappa shape index (κ3) is 25.7. The van der Waals surface area contributed by atoms with Gasteiger partial charge in [0.25, 0.3) is 0 Å². The summed E-state index contributed by atoms with van der Waals surface area (Å²) in [6.07, 6.45) is -52.6. The van der Waals surface area contributed by atoms with E-state index in [1.165, 1.54) is 0 Å². The highest BCUT2D eigenvalue weighted by Crippen LogP contribution is 2.32. The Bertz CT molecular complexity index is 5530. The summed E-state index contributed by atoms with van der Waals surface area (Å²) in [6, 6.07) is 38.7. The summed E-state index contributed by atoms with van der Waals surface area (Å²) >= 11 is 0. The Morgan fingerprint density at radius 3 is 0.536 bits per heavy atom. The number of fused-ring (bicyclic) bond motifs is 3. The molecule has 0 saturated carbocycles.